The van der Waals surface area contributed by atoms with Crippen molar-refractivity contribution >= 4 is 5.97 Å². The molecule has 4 nitrogen and oxygen atoms in total. The molecule has 62 valence electrons. The number of carboxylic acids is 1. The smallest absolute Gasteiger partial charge is 0.310 e. The highest BCUT2D eigenvalue weighted by molar-refractivity contribution is 5.72. The Balaban J connectivity index is 2.69. The normalized spacial score (nSPS) is 31.2. The summed E-state index contributed by atoms with van der Waals surface area (Å²) in [5.41, 5.74) is 11.6. The molecule has 0 fully saturated rings. The van der Waals surface area contributed by atoms with Crippen molar-refractivity contribution in [3.05, 3.63) is 11.8 Å². The molecule has 2 unspecified atom stereocenters. The van der Waals surface area contributed by atoms with Gasteiger partial charge >= 0.3 is 5.97 Å². The van der Waals surface area contributed by atoms with Crippen LogP contribution in [0, 0.1) is 5.92 Å². The third kappa shape index (κ3) is 1.94. The van der Waals surface area contributed by atoms with Gasteiger partial charge in [-0.25, -0.2) is 0 Å². The van der Waals surface area contributed by atoms with Gasteiger partial charge in [0, 0.05) is 18.2 Å². The molecule has 0 heterocycles. The summed E-state index contributed by atoms with van der Waals surface area (Å²) in [6.07, 6.45) is 2.69. The molecule has 0 spiro atoms. The molecule has 5 N–H and O–H groups in total. The lowest BCUT2D eigenvalue weighted by Gasteiger charge is -2.21. The van der Waals surface area contributed by atoms with Crippen molar-refractivity contribution in [3.63, 3.8) is 0 Å². The fourth-order valence-corrected chi connectivity index (χ4v) is 1.28. The second kappa shape index (κ2) is 2.92. The maximum absolute atomic E-state index is 10.5. The Morgan fingerprint density at radius 2 is 2.36 bits per heavy atom. The number of nitrogens with two attached hydrogens (primary N) is 2. The van der Waals surface area contributed by atoms with Gasteiger partial charge in [-0.1, -0.05) is 6.08 Å². The lowest BCUT2D eigenvalue weighted by molar-refractivity contribution is -0.140. The highest BCUT2D eigenvalue weighted by Crippen LogP contribution is 2.19. The zero-order chi connectivity index (χ0) is 8.43. The van der Waals surface area contributed by atoms with Crippen LogP contribution >= 0.6 is 0 Å². The summed E-state index contributed by atoms with van der Waals surface area (Å²) in [6, 6.07) is -0.0962. The summed E-state index contributed by atoms with van der Waals surface area (Å²) >= 11 is 0. The summed E-state index contributed by atoms with van der Waals surface area (Å²) in [7, 11) is 0. The first-order valence-corrected chi connectivity index (χ1v) is 3.54. The fourth-order valence-electron chi connectivity index (χ4n) is 1.28. The van der Waals surface area contributed by atoms with Gasteiger partial charge < -0.3 is 16.6 Å². The van der Waals surface area contributed by atoms with E-state index in [-0.39, 0.29) is 6.04 Å². The Labute approximate surface area is 64.9 Å². The zero-order valence-corrected chi connectivity index (χ0v) is 6.16. The van der Waals surface area contributed by atoms with Crippen LogP contribution in [-0.2, 0) is 4.79 Å². The minimum Gasteiger partial charge on any atom is -0.481 e. The number of rotatable bonds is 1. The summed E-state index contributed by atoms with van der Waals surface area (Å²) in [5, 5.41) is 8.62. The minimum atomic E-state index is -0.844. The number of hydrogen-bond donors (Lipinski definition) is 3. The Morgan fingerprint density at radius 1 is 1.73 bits per heavy atom. The van der Waals surface area contributed by atoms with E-state index in [2.05, 4.69) is 0 Å². The van der Waals surface area contributed by atoms with Crippen molar-refractivity contribution < 1.29 is 9.90 Å². The average molecular weight is 156 g/mol. The topological polar surface area (TPSA) is 89.3 Å². The van der Waals surface area contributed by atoms with E-state index in [0.717, 1.165) is 0 Å². The first-order chi connectivity index (χ1) is 5.09. The molecule has 0 saturated heterocycles. The van der Waals surface area contributed by atoms with Gasteiger partial charge in [0.25, 0.3) is 0 Å². The van der Waals surface area contributed by atoms with Crippen molar-refractivity contribution in [1.82, 2.24) is 0 Å². The minimum absolute atomic E-state index is 0.0962. The quantitative estimate of drug-likeness (QED) is 0.484. The van der Waals surface area contributed by atoms with E-state index in [0.29, 0.717) is 18.5 Å². The van der Waals surface area contributed by atoms with Crippen LogP contribution < -0.4 is 11.5 Å². The number of carboxylic acid groups (broad SMARTS) is 1. The lowest BCUT2D eigenvalue weighted by Crippen LogP contribution is -2.32. The van der Waals surface area contributed by atoms with Crippen molar-refractivity contribution in [2.24, 2.45) is 17.4 Å². The standard InChI is InChI=1S/C7H12N2O2/c8-5-1-4(7(10)11)2-6(9)3-5/h1,4,6H,2-3,8-9H2,(H,10,11). The van der Waals surface area contributed by atoms with Gasteiger partial charge in [0.2, 0.25) is 0 Å². The molecule has 11 heavy (non-hydrogen) atoms. The molecule has 1 rings (SSSR count). The third-order valence-corrected chi connectivity index (χ3v) is 1.79. The van der Waals surface area contributed by atoms with Crippen LogP contribution in [0.2, 0.25) is 0 Å². The van der Waals surface area contributed by atoms with E-state index in [1.54, 1.807) is 6.08 Å². The number of aliphatic carboxylic acids is 1. The first kappa shape index (κ1) is 8.07. The molecule has 0 aromatic carbocycles. The van der Waals surface area contributed by atoms with E-state index in [9.17, 15) is 4.79 Å². The van der Waals surface area contributed by atoms with Crippen LogP contribution in [0.4, 0.5) is 0 Å². The van der Waals surface area contributed by atoms with Gasteiger partial charge in [-0.2, -0.15) is 0 Å². The molecule has 0 saturated carbocycles. The highest BCUT2D eigenvalue weighted by Gasteiger charge is 2.23. The van der Waals surface area contributed by atoms with E-state index in [1.807, 2.05) is 0 Å². The number of hydrogen-bond acceptors (Lipinski definition) is 3. The fraction of sp³-hybridized carbons (Fsp3) is 0.571. The molecule has 0 aromatic heterocycles. The monoisotopic (exact) mass is 156 g/mol. The van der Waals surface area contributed by atoms with Crippen LogP contribution in [-0.4, -0.2) is 17.1 Å². The van der Waals surface area contributed by atoms with Crippen LogP contribution in [0.15, 0.2) is 11.8 Å². The molecule has 2 atom stereocenters. The SMILES string of the molecule is NC1=CC(C(=O)O)CC(N)C1. The van der Waals surface area contributed by atoms with Crippen molar-refractivity contribution in [2.45, 2.75) is 18.9 Å². The van der Waals surface area contributed by atoms with Gasteiger partial charge in [0.1, 0.15) is 0 Å². The van der Waals surface area contributed by atoms with Crippen LogP contribution in [0.5, 0.6) is 0 Å². The Kier molecular flexibility index (Phi) is 2.14. The third-order valence-electron chi connectivity index (χ3n) is 1.79. The largest absolute Gasteiger partial charge is 0.481 e. The van der Waals surface area contributed by atoms with Crippen molar-refractivity contribution in [1.29, 1.82) is 0 Å². The van der Waals surface area contributed by atoms with Crippen LogP contribution in [0.3, 0.4) is 0 Å². The van der Waals surface area contributed by atoms with Crippen LogP contribution in [0.1, 0.15) is 12.8 Å². The molecule has 4 heteroatoms. The Bertz CT molecular complexity index is 201. The average Bonchev–Trinajstić information content (AvgIpc) is 1.85. The summed E-state index contributed by atoms with van der Waals surface area (Å²) < 4.78 is 0. The van der Waals surface area contributed by atoms with Gasteiger partial charge in [0.15, 0.2) is 0 Å². The molecule has 1 aliphatic rings. The van der Waals surface area contributed by atoms with Gasteiger partial charge in [0.05, 0.1) is 5.92 Å². The Hall–Kier alpha value is -1.03. The molecule has 0 aliphatic heterocycles. The summed E-state index contributed by atoms with van der Waals surface area (Å²) in [5.74, 6) is -1.33. The number of carbonyl (C=O) groups is 1. The highest BCUT2D eigenvalue weighted by atomic mass is 16.4. The van der Waals surface area contributed by atoms with E-state index in [4.69, 9.17) is 16.6 Å². The predicted octanol–water partition coefficient (Wildman–Crippen LogP) is -0.349. The van der Waals surface area contributed by atoms with Gasteiger partial charge in [-0.15, -0.1) is 0 Å². The predicted molar refractivity (Wildman–Crippen MR) is 40.6 cm³/mol. The molecular weight excluding hydrogens is 144 g/mol. The maximum Gasteiger partial charge on any atom is 0.310 e. The van der Waals surface area contributed by atoms with E-state index >= 15 is 0 Å². The van der Waals surface area contributed by atoms with Crippen LogP contribution in [0.25, 0.3) is 0 Å². The molecule has 1 aliphatic carbocycles. The van der Waals surface area contributed by atoms with E-state index < -0.39 is 11.9 Å². The first-order valence-electron chi connectivity index (χ1n) is 3.54. The second-order valence-corrected chi connectivity index (χ2v) is 2.89. The molecule has 0 bridgehead atoms. The van der Waals surface area contributed by atoms with Crippen molar-refractivity contribution in [2.75, 3.05) is 0 Å². The Morgan fingerprint density at radius 3 is 2.82 bits per heavy atom. The van der Waals surface area contributed by atoms with E-state index in [1.165, 1.54) is 0 Å². The van der Waals surface area contributed by atoms with Crippen molar-refractivity contribution in [3.8, 4) is 0 Å². The molecule has 0 aromatic rings. The zero-order valence-electron chi connectivity index (χ0n) is 6.16. The summed E-state index contributed by atoms with van der Waals surface area (Å²) in [6.45, 7) is 0. The molecule has 0 radical (unpaired) electrons. The second-order valence-electron chi connectivity index (χ2n) is 2.89. The lowest BCUT2D eigenvalue weighted by atomic mass is 9.91. The molecule has 0 amide bonds. The van der Waals surface area contributed by atoms with Gasteiger partial charge in [-0.05, 0) is 6.42 Å². The summed E-state index contributed by atoms with van der Waals surface area (Å²) in [4.78, 5) is 10.5. The van der Waals surface area contributed by atoms with Gasteiger partial charge in [-0.3, -0.25) is 4.79 Å². The molecular formula is C7H12N2O2. The maximum atomic E-state index is 10.5.